The van der Waals surface area contributed by atoms with E-state index in [0.717, 1.165) is 16.9 Å². The number of anilines is 1. The second-order valence-electron chi connectivity index (χ2n) is 8.03. The fourth-order valence-corrected chi connectivity index (χ4v) is 5.19. The summed E-state index contributed by atoms with van der Waals surface area (Å²) in [5.74, 6) is 0.217. The molecule has 7 nitrogen and oxygen atoms in total. The van der Waals surface area contributed by atoms with Crippen LogP contribution in [-0.4, -0.2) is 27.1 Å². The average molecular weight is 514 g/mol. The molecule has 0 heterocycles. The highest BCUT2D eigenvalue weighted by molar-refractivity contribution is 7.92. The van der Waals surface area contributed by atoms with Crippen molar-refractivity contribution in [2.24, 2.45) is 5.10 Å². The molecule has 8 heteroatoms. The van der Waals surface area contributed by atoms with E-state index in [4.69, 9.17) is 4.74 Å². The Balaban J connectivity index is 1.63. The number of nitrogens with zero attached hydrogens (tertiary/aromatic N) is 2. The van der Waals surface area contributed by atoms with Gasteiger partial charge in [-0.05, 0) is 66.6 Å². The van der Waals surface area contributed by atoms with Crippen LogP contribution in [0.25, 0.3) is 0 Å². The van der Waals surface area contributed by atoms with Crippen LogP contribution in [0.3, 0.4) is 0 Å². The number of hydrazone groups is 1. The van der Waals surface area contributed by atoms with Crippen molar-refractivity contribution >= 4 is 27.8 Å². The van der Waals surface area contributed by atoms with Crippen molar-refractivity contribution in [1.82, 2.24) is 5.43 Å². The van der Waals surface area contributed by atoms with E-state index in [0.29, 0.717) is 6.61 Å². The molecule has 0 saturated heterocycles. The predicted octanol–water partition coefficient (Wildman–Crippen LogP) is 5.24. The van der Waals surface area contributed by atoms with Crippen molar-refractivity contribution in [3.63, 3.8) is 0 Å². The lowest BCUT2D eigenvalue weighted by Gasteiger charge is -2.26. The summed E-state index contributed by atoms with van der Waals surface area (Å²) in [5, 5.41) is 4.07. The Morgan fingerprint density at radius 2 is 1.49 bits per heavy atom. The van der Waals surface area contributed by atoms with E-state index in [2.05, 4.69) is 10.5 Å². The molecule has 37 heavy (non-hydrogen) atoms. The van der Waals surface area contributed by atoms with Crippen LogP contribution in [0.5, 0.6) is 5.75 Å². The van der Waals surface area contributed by atoms with Crippen molar-refractivity contribution in [3.05, 3.63) is 126 Å². The first-order valence-corrected chi connectivity index (χ1v) is 13.2. The van der Waals surface area contributed by atoms with Gasteiger partial charge in [0.05, 0.1) is 35.5 Å². The summed E-state index contributed by atoms with van der Waals surface area (Å²) in [4.78, 5) is 13.3. The number of sulfonamides is 1. The first-order valence-electron chi connectivity index (χ1n) is 11.8. The van der Waals surface area contributed by atoms with Crippen LogP contribution in [0.15, 0.2) is 119 Å². The highest BCUT2D eigenvalue weighted by Gasteiger charge is 2.28. The van der Waals surface area contributed by atoms with Gasteiger partial charge < -0.3 is 4.74 Å². The summed E-state index contributed by atoms with van der Waals surface area (Å²) in [6.07, 6.45) is 1.51. The molecule has 0 bridgehead atoms. The van der Waals surface area contributed by atoms with Gasteiger partial charge in [-0.2, -0.15) is 5.10 Å². The Hall–Kier alpha value is -4.43. The number of rotatable bonds is 10. The third kappa shape index (κ3) is 6.42. The van der Waals surface area contributed by atoms with Gasteiger partial charge in [-0.25, -0.2) is 13.8 Å². The molecule has 0 radical (unpaired) electrons. The molecule has 1 amide bonds. The summed E-state index contributed by atoms with van der Waals surface area (Å²) in [7, 11) is -3.98. The van der Waals surface area contributed by atoms with E-state index >= 15 is 0 Å². The SMILES string of the molecule is CCOc1ccc(/C=N/NC(=O)c2ccccc2N(Cc2ccccc2)S(=O)(=O)c2ccccc2)cc1. The van der Waals surface area contributed by atoms with Crippen LogP contribution < -0.4 is 14.5 Å². The zero-order valence-electron chi connectivity index (χ0n) is 20.3. The van der Waals surface area contributed by atoms with Gasteiger partial charge in [-0.15, -0.1) is 0 Å². The fourth-order valence-electron chi connectivity index (χ4n) is 3.69. The average Bonchev–Trinajstić information content (AvgIpc) is 2.94. The number of hydrogen-bond donors (Lipinski definition) is 1. The second-order valence-corrected chi connectivity index (χ2v) is 9.89. The Labute approximate surface area is 217 Å². The molecule has 0 spiro atoms. The zero-order valence-corrected chi connectivity index (χ0v) is 21.1. The number of carbonyl (C=O) groups is 1. The highest BCUT2D eigenvalue weighted by atomic mass is 32.2. The minimum atomic E-state index is -3.98. The van der Waals surface area contributed by atoms with Crippen LogP contribution in [0.4, 0.5) is 5.69 Å². The maximum Gasteiger partial charge on any atom is 0.273 e. The topological polar surface area (TPSA) is 88.1 Å². The molecule has 1 N–H and O–H groups in total. The summed E-state index contributed by atoms with van der Waals surface area (Å²) >= 11 is 0. The first kappa shape index (κ1) is 25.7. The lowest BCUT2D eigenvalue weighted by Crippen LogP contribution is -2.33. The summed E-state index contributed by atoms with van der Waals surface area (Å²) < 4.78 is 34.2. The van der Waals surface area contributed by atoms with Crippen molar-refractivity contribution in [2.75, 3.05) is 10.9 Å². The molecular weight excluding hydrogens is 486 g/mol. The van der Waals surface area contributed by atoms with Crippen molar-refractivity contribution in [3.8, 4) is 5.75 Å². The Morgan fingerprint density at radius 1 is 0.865 bits per heavy atom. The van der Waals surface area contributed by atoms with Crippen LogP contribution in [-0.2, 0) is 16.6 Å². The van der Waals surface area contributed by atoms with Gasteiger partial charge in [0, 0.05) is 0 Å². The van der Waals surface area contributed by atoms with Crippen molar-refractivity contribution < 1.29 is 17.9 Å². The van der Waals surface area contributed by atoms with E-state index in [1.165, 1.54) is 22.7 Å². The lowest BCUT2D eigenvalue weighted by molar-refractivity contribution is 0.0955. The molecule has 0 aliphatic rings. The van der Waals surface area contributed by atoms with Gasteiger partial charge in [0.1, 0.15) is 5.75 Å². The van der Waals surface area contributed by atoms with Crippen molar-refractivity contribution in [2.45, 2.75) is 18.4 Å². The van der Waals surface area contributed by atoms with E-state index in [9.17, 15) is 13.2 Å². The molecular formula is C29H27N3O4S. The molecule has 0 unspecified atom stereocenters. The molecule has 0 aliphatic carbocycles. The van der Waals surface area contributed by atoms with Gasteiger partial charge in [0.15, 0.2) is 0 Å². The van der Waals surface area contributed by atoms with Gasteiger partial charge in [-0.1, -0.05) is 60.7 Å². The first-order chi connectivity index (χ1) is 18.0. The van der Waals surface area contributed by atoms with Gasteiger partial charge in [0.25, 0.3) is 15.9 Å². The van der Waals surface area contributed by atoms with Crippen LogP contribution in [0, 0.1) is 0 Å². The molecule has 0 saturated carbocycles. The van der Waals surface area contributed by atoms with Crippen LogP contribution in [0.2, 0.25) is 0 Å². The monoisotopic (exact) mass is 513 g/mol. The van der Waals surface area contributed by atoms with Gasteiger partial charge in [0.2, 0.25) is 0 Å². The van der Waals surface area contributed by atoms with E-state index in [-0.39, 0.29) is 22.7 Å². The largest absolute Gasteiger partial charge is 0.494 e. The number of amides is 1. The summed E-state index contributed by atoms with van der Waals surface area (Å²) in [5.41, 5.74) is 4.51. The molecule has 4 aromatic carbocycles. The zero-order chi connectivity index (χ0) is 26.1. The number of nitrogens with one attached hydrogen (secondary N) is 1. The standard InChI is InChI=1S/C29H27N3O4S/c1-2-36-25-19-17-23(18-20-25)21-30-31-29(33)27-15-9-10-16-28(27)32(22-24-11-5-3-6-12-24)37(34,35)26-13-7-4-8-14-26/h3-21H,2,22H2,1H3,(H,31,33)/b30-21+. The molecule has 0 aliphatic heterocycles. The highest BCUT2D eigenvalue weighted by Crippen LogP contribution is 2.29. The second kappa shape index (κ2) is 12.0. The lowest BCUT2D eigenvalue weighted by atomic mass is 10.1. The molecule has 0 fully saturated rings. The van der Waals surface area contributed by atoms with E-state index in [1.807, 2.05) is 61.5 Å². The maximum atomic E-state index is 13.7. The van der Waals surface area contributed by atoms with Crippen molar-refractivity contribution in [1.29, 1.82) is 0 Å². The minimum Gasteiger partial charge on any atom is -0.494 e. The smallest absolute Gasteiger partial charge is 0.273 e. The fraction of sp³-hybridized carbons (Fsp3) is 0.103. The summed E-state index contributed by atoms with van der Waals surface area (Å²) in [6.45, 7) is 2.54. The normalized spacial score (nSPS) is 11.3. The predicted molar refractivity (Wildman–Crippen MR) is 145 cm³/mol. The maximum absolute atomic E-state index is 13.7. The molecule has 4 rings (SSSR count). The number of benzene rings is 4. The number of hydrogen-bond acceptors (Lipinski definition) is 5. The molecule has 0 atom stereocenters. The van der Waals surface area contributed by atoms with Crippen LogP contribution in [0.1, 0.15) is 28.4 Å². The number of ether oxygens (including phenoxy) is 1. The summed E-state index contributed by atoms with van der Waals surface area (Å²) in [6, 6.07) is 31.3. The molecule has 0 aromatic heterocycles. The molecule has 4 aromatic rings. The van der Waals surface area contributed by atoms with E-state index < -0.39 is 15.9 Å². The van der Waals surface area contributed by atoms with E-state index in [1.54, 1.807) is 42.5 Å². The van der Waals surface area contributed by atoms with Gasteiger partial charge in [-0.3, -0.25) is 9.10 Å². The third-order valence-corrected chi connectivity index (χ3v) is 7.26. The van der Waals surface area contributed by atoms with Crippen LogP contribution >= 0.6 is 0 Å². The van der Waals surface area contributed by atoms with Gasteiger partial charge >= 0.3 is 0 Å². The number of para-hydroxylation sites is 1. The Bertz CT molecular complexity index is 1460. The third-order valence-electron chi connectivity index (χ3n) is 5.49. The Morgan fingerprint density at radius 3 is 2.16 bits per heavy atom. The number of carbonyl (C=O) groups excluding carboxylic acids is 1. The Kier molecular flexibility index (Phi) is 8.33. The minimum absolute atomic E-state index is 0.0534. The quantitative estimate of drug-likeness (QED) is 0.232. The molecule has 188 valence electrons.